The van der Waals surface area contributed by atoms with Crippen LogP contribution in [0.4, 0.5) is 0 Å². The largest absolute Gasteiger partial charge is 0.395 e. The minimum atomic E-state index is -0.490. The normalized spacial score (nSPS) is 18.6. The fraction of sp³-hybridized carbons (Fsp3) is 0.929. The van der Waals surface area contributed by atoms with Crippen molar-refractivity contribution in [2.45, 2.75) is 45.6 Å². The molecule has 1 aliphatic rings. The van der Waals surface area contributed by atoms with Gasteiger partial charge in [0.05, 0.1) is 12.0 Å². The lowest BCUT2D eigenvalue weighted by Crippen LogP contribution is -2.54. The van der Waals surface area contributed by atoms with E-state index in [1.54, 1.807) is 0 Å². The van der Waals surface area contributed by atoms with Crippen LogP contribution in [0.1, 0.15) is 39.5 Å². The maximum absolute atomic E-state index is 12.9. The Balaban J connectivity index is 2.89. The molecule has 0 saturated carbocycles. The van der Waals surface area contributed by atoms with Crippen LogP contribution in [-0.2, 0) is 9.53 Å². The van der Waals surface area contributed by atoms with Gasteiger partial charge >= 0.3 is 0 Å². The number of aliphatic hydroxyl groups is 1. The number of carbonyl (C=O) groups is 1. The van der Waals surface area contributed by atoms with Crippen LogP contribution >= 0.6 is 0 Å². The first-order chi connectivity index (χ1) is 9.15. The van der Waals surface area contributed by atoms with Gasteiger partial charge in [-0.05, 0) is 25.7 Å². The fourth-order valence-corrected chi connectivity index (χ4v) is 2.86. The van der Waals surface area contributed by atoms with Crippen LogP contribution in [0.2, 0.25) is 0 Å². The second-order valence-electron chi connectivity index (χ2n) is 5.29. The predicted molar refractivity (Wildman–Crippen MR) is 74.7 cm³/mol. The number of ether oxygens (including phenoxy) is 1. The molecule has 1 saturated heterocycles. The molecule has 0 aliphatic carbocycles. The van der Waals surface area contributed by atoms with E-state index in [0.29, 0.717) is 39.1 Å². The quantitative estimate of drug-likeness (QED) is 0.717. The molecule has 5 nitrogen and oxygen atoms in total. The Morgan fingerprint density at radius 1 is 1.37 bits per heavy atom. The third kappa shape index (κ3) is 3.68. The van der Waals surface area contributed by atoms with Crippen molar-refractivity contribution >= 4 is 5.91 Å². The first kappa shape index (κ1) is 16.4. The van der Waals surface area contributed by atoms with Crippen molar-refractivity contribution < 1.29 is 14.6 Å². The summed E-state index contributed by atoms with van der Waals surface area (Å²) in [6.45, 7) is 6.10. The van der Waals surface area contributed by atoms with Crippen molar-refractivity contribution in [2.24, 2.45) is 11.1 Å². The molecule has 0 aromatic carbocycles. The van der Waals surface area contributed by atoms with Crippen LogP contribution in [0.15, 0.2) is 0 Å². The minimum absolute atomic E-state index is 0.000604. The minimum Gasteiger partial charge on any atom is -0.395 e. The van der Waals surface area contributed by atoms with Gasteiger partial charge in [0.15, 0.2) is 0 Å². The topological polar surface area (TPSA) is 75.8 Å². The first-order valence-electron chi connectivity index (χ1n) is 7.35. The highest BCUT2D eigenvalue weighted by molar-refractivity contribution is 5.83. The van der Waals surface area contributed by atoms with Gasteiger partial charge < -0.3 is 20.5 Å². The van der Waals surface area contributed by atoms with Crippen LogP contribution in [0, 0.1) is 5.41 Å². The molecule has 0 radical (unpaired) electrons. The average Bonchev–Trinajstić information content (AvgIpc) is 2.47. The number of aliphatic hydroxyl groups excluding tert-OH is 1. The number of rotatable bonds is 7. The Labute approximate surface area is 116 Å². The molecule has 1 aliphatic heterocycles. The van der Waals surface area contributed by atoms with E-state index in [0.717, 1.165) is 12.8 Å². The van der Waals surface area contributed by atoms with Crippen LogP contribution in [0.3, 0.4) is 0 Å². The summed E-state index contributed by atoms with van der Waals surface area (Å²) in [7, 11) is 0. The van der Waals surface area contributed by atoms with Gasteiger partial charge in [0.2, 0.25) is 5.91 Å². The van der Waals surface area contributed by atoms with Crippen LogP contribution in [0.5, 0.6) is 0 Å². The maximum atomic E-state index is 12.9. The molecular weight excluding hydrogens is 244 g/mol. The highest BCUT2D eigenvalue weighted by Gasteiger charge is 2.42. The van der Waals surface area contributed by atoms with Gasteiger partial charge in [-0.25, -0.2) is 0 Å². The molecule has 0 unspecified atom stereocenters. The van der Waals surface area contributed by atoms with E-state index in [9.17, 15) is 9.90 Å². The Morgan fingerprint density at radius 3 is 2.37 bits per heavy atom. The van der Waals surface area contributed by atoms with Gasteiger partial charge in [0, 0.05) is 32.3 Å². The van der Waals surface area contributed by atoms with E-state index < -0.39 is 5.41 Å². The van der Waals surface area contributed by atoms with Crippen molar-refractivity contribution in [3.8, 4) is 0 Å². The zero-order valence-corrected chi connectivity index (χ0v) is 12.2. The number of amides is 1. The molecule has 0 aromatic rings. The summed E-state index contributed by atoms with van der Waals surface area (Å²) in [5, 5.41) is 9.23. The molecular formula is C14H28N2O3. The molecule has 1 heterocycles. The molecule has 0 bridgehead atoms. The fourth-order valence-electron chi connectivity index (χ4n) is 2.86. The molecule has 3 N–H and O–H groups in total. The van der Waals surface area contributed by atoms with E-state index in [1.807, 2.05) is 4.90 Å². The van der Waals surface area contributed by atoms with Crippen molar-refractivity contribution in [2.75, 3.05) is 32.9 Å². The van der Waals surface area contributed by atoms with Gasteiger partial charge in [-0.3, -0.25) is 4.79 Å². The van der Waals surface area contributed by atoms with E-state index in [-0.39, 0.29) is 18.6 Å². The van der Waals surface area contributed by atoms with Crippen molar-refractivity contribution in [1.82, 2.24) is 4.90 Å². The average molecular weight is 272 g/mol. The first-order valence-corrected chi connectivity index (χ1v) is 7.35. The summed E-state index contributed by atoms with van der Waals surface area (Å²) in [6.07, 6.45) is 3.17. The maximum Gasteiger partial charge on any atom is 0.230 e. The summed E-state index contributed by atoms with van der Waals surface area (Å²) in [5.74, 6) is 0.0982. The highest BCUT2D eigenvalue weighted by Crippen LogP contribution is 2.32. The second kappa shape index (κ2) is 7.82. The monoisotopic (exact) mass is 272 g/mol. The predicted octanol–water partition coefficient (Wildman–Crippen LogP) is 0.751. The van der Waals surface area contributed by atoms with E-state index in [1.165, 1.54) is 0 Å². The Kier molecular flexibility index (Phi) is 6.75. The number of hydrogen-bond donors (Lipinski definition) is 2. The Morgan fingerprint density at radius 2 is 1.95 bits per heavy atom. The molecule has 0 aromatic heterocycles. The van der Waals surface area contributed by atoms with Crippen LogP contribution < -0.4 is 5.73 Å². The molecule has 1 fully saturated rings. The lowest BCUT2D eigenvalue weighted by molar-refractivity contribution is -0.150. The van der Waals surface area contributed by atoms with Gasteiger partial charge in [0.25, 0.3) is 0 Å². The Hall–Kier alpha value is -0.650. The molecule has 0 spiro atoms. The number of nitrogens with two attached hydrogens (primary N) is 1. The second-order valence-corrected chi connectivity index (χ2v) is 5.29. The summed E-state index contributed by atoms with van der Waals surface area (Å²) in [4.78, 5) is 14.7. The van der Waals surface area contributed by atoms with Crippen molar-refractivity contribution in [3.05, 3.63) is 0 Å². The van der Waals surface area contributed by atoms with Crippen LogP contribution in [-0.4, -0.2) is 54.9 Å². The molecule has 19 heavy (non-hydrogen) atoms. The lowest BCUT2D eigenvalue weighted by Gasteiger charge is -2.41. The smallest absolute Gasteiger partial charge is 0.230 e. The number of carbonyl (C=O) groups excluding carboxylic acids is 1. The van der Waals surface area contributed by atoms with E-state index >= 15 is 0 Å². The SMILES string of the molecule is CCC(CC)N(CCO)C(=O)C1(CN)CCOCC1. The molecule has 5 heteroatoms. The molecule has 112 valence electrons. The van der Waals surface area contributed by atoms with Crippen molar-refractivity contribution in [3.63, 3.8) is 0 Å². The third-order valence-electron chi connectivity index (χ3n) is 4.28. The third-order valence-corrected chi connectivity index (χ3v) is 4.28. The van der Waals surface area contributed by atoms with E-state index in [2.05, 4.69) is 13.8 Å². The molecule has 1 amide bonds. The zero-order valence-electron chi connectivity index (χ0n) is 12.2. The number of nitrogens with zero attached hydrogens (tertiary/aromatic N) is 1. The standard InChI is InChI=1S/C14H28N2O3/c1-3-12(4-2)16(7-8-17)13(18)14(11-15)5-9-19-10-6-14/h12,17H,3-11,15H2,1-2H3. The van der Waals surface area contributed by atoms with Gasteiger partial charge in [-0.15, -0.1) is 0 Å². The van der Waals surface area contributed by atoms with Gasteiger partial charge in [-0.1, -0.05) is 13.8 Å². The lowest BCUT2D eigenvalue weighted by atomic mass is 9.78. The zero-order chi connectivity index (χ0) is 14.3. The van der Waals surface area contributed by atoms with Crippen molar-refractivity contribution in [1.29, 1.82) is 0 Å². The molecule has 0 atom stereocenters. The summed E-state index contributed by atoms with van der Waals surface area (Å²) in [6, 6.07) is 0.186. The highest BCUT2D eigenvalue weighted by atomic mass is 16.5. The summed E-state index contributed by atoms with van der Waals surface area (Å²) in [5.41, 5.74) is 5.40. The van der Waals surface area contributed by atoms with Gasteiger partial charge in [0.1, 0.15) is 0 Å². The molecule has 1 rings (SSSR count). The van der Waals surface area contributed by atoms with Crippen LogP contribution in [0.25, 0.3) is 0 Å². The van der Waals surface area contributed by atoms with Gasteiger partial charge in [-0.2, -0.15) is 0 Å². The summed E-state index contributed by atoms with van der Waals surface area (Å²) >= 11 is 0. The summed E-state index contributed by atoms with van der Waals surface area (Å²) < 4.78 is 5.35. The Bertz CT molecular complexity index is 274. The van der Waals surface area contributed by atoms with E-state index in [4.69, 9.17) is 10.5 Å². The number of hydrogen-bond acceptors (Lipinski definition) is 4.